The van der Waals surface area contributed by atoms with Crippen molar-refractivity contribution < 1.29 is 4.79 Å². The van der Waals surface area contributed by atoms with E-state index in [9.17, 15) is 4.79 Å². The van der Waals surface area contributed by atoms with E-state index in [1.165, 1.54) is 32.1 Å². The summed E-state index contributed by atoms with van der Waals surface area (Å²) < 4.78 is 0. The van der Waals surface area contributed by atoms with E-state index in [-0.39, 0.29) is 11.9 Å². The molecule has 2 fully saturated rings. The highest BCUT2D eigenvalue weighted by atomic mass is 16.2. The Morgan fingerprint density at radius 3 is 2.64 bits per heavy atom. The summed E-state index contributed by atoms with van der Waals surface area (Å²) in [6.45, 7) is 7.39. The second kappa shape index (κ2) is 9.31. The fraction of sp³-hybridized carbons (Fsp3) is 0.833. The van der Waals surface area contributed by atoms with Gasteiger partial charge in [-0.25, -0.2) is 0 Å². The first-order valence-corrected chi connectivity index (χ1v) is 9.02. The number of hydrogen-bond donors (Lipinski definition) is 1. The zero-order chi connectivity index (χ0) is 15.8. The van der Waals surface area contributed by atoms with E-state index >= 15 is 0 Å². The highest BCUT2D eigenvalue weighted by molar-refractivity contribution is 5.81. The lowest BCUT2D eigenvalue weighted by molar-refractivity contribution is -0.126. The molecule has 0 aromatic heterocycles. The molecular weight excluding hydrogens is 274 g/mol. The zero-order valence-electron chi connectivity index (χ0n) is 14.4. The number of likely N-dealkylation sites (N-methyl/N-ethyl adjacent to an activating group) is 1. The van der Waals surface area contributed by atoms with Crippen molar-refractivity contribution in [2.45, 2.75) is 51.5 Å². The highest BCUT2D eigenvalue weighted by Crippen LogP contribution is 2.18. The van der Waals surface area contributed by atoms with Crippen molar-refractivity contribution in [2.24, 2.45) is 5.92 Å². The lowest BCUT2D eigenvalue weighted by Crippen LogP contribution is -2.47. The van der Waals surface area contributed by atoms with Crippen LogP contribution in [0.3, 0.4) is 0 Å². The summed E-state index contributed by atoms with van der Waals surface area (Å²) in [5.41, 5.74) is 0. The molecule has 2 aliphatic rings. The van der Waals surface area contributed by atoms with Gasteiger partial charge in [-0.1, -0.05) is 25.0 Å². The molecule has 2 heterocycles. The van der Waals surface area contributed by atoms with Crippen LogP contribution < -0.4 is 5.32 Å². The van der Waals surface area contributed by atoms with Gasteiger partial charge in [0, 0.05) is 13.1 Å². The van der Waals surface area contributed by atoms with Crippen LogP contribution in [0, 0.1) is 5.92 Å². The molecule has 4 heteroatoms. The Balaban J connectivity index is 1.68. The molecule has 0 saturated carbocycles. The van der Waals surface area contributed by atoms with Gasteiger partial charge < -0.3 is 5.32 Å². The number of carbonyl (C=O) groups excluding carboxylic acids is 1. The first-order valence-electron chi connectivity index (χ1n) is 9.02. The number of amides is 1. The molecule has 1 unspecified atom stereocenters. The van der Waals surface area contributed by atoms with Crippen LogP contribution >= 0.6 is 0 Å². The van der Waals surface area contributed by atoms with Gasteiger partial charge in [0.2, 0.25) is 5.91 Å². The van der Waals surface area contributed by atoms with Gasteiger partial charge in [-0.3, -0.25) is 14.6 Å². The fourth-order valence-electron chi connectivity index (χ4n) is 3.57. The molecule has 1 amide bonds. The maximum atomic E-state index is 12.4. The first-order chi connectivity index (χ1) is 10.7. The van der Waals surface area contributed by atoms with Gasteiger partial charge in [-0.05, 0) is 65.2 Å². The van der Waals surface area contributed by atoms with E-state index in [0.717, 1.165) is 39.1 Å². The van der Waals surface area contributed by atoms with E-state index in [0.29, 0.717) is 5.92 Å². The van der Waals surface area contributed by atoms with Crippen molar-refractivity contribution in [3.05, 3.63) is 12.2 Å². The molecular formula is C18H33N3O. The molecule has 0 spiro atoms. The maximum Gasteiger partial charge on any atom is 0.237 e. The molecule has 2 rings (SSSR count). The highest BCUT2D eigenvalue weighted by Gasteiger charge is 2.25. The molecule has 22 heavy (non-hydrogen) atoms. The average molecular weight is 307 g/mol. The standard InChI is InChI=1S/C18H33N3O/c1-3-4-12-21-13-9-16(10-14-21)15-19-18(22)17-8-6-5-7-11-20(17)2/h3-4,16-17H,5-15H2,1-2H3,(H,19,22). The predicted octanol–water partition coefficient (Wildman–Crippen LogP) is 2.27. The van der Waals surface area contributed by atoms with Crippen molar-refractivity contribution in [3.63, 3.8) is 0 Å². The van der Waals surface area contributed by atoms with Crippen LogP contribution in [0.25, 0.3) is 0 Å². The molecule has 0 radical (unpaired) electrons. The van der Waals surface area contributed by atoms with Crippen molar-refractivity contribution >= 4 is 5.91 Å². The third-order valence-electron chi connectivity index (χ3n) is 5.19. The molecule has 0 aliphatic carbocycles. The Labute approximate surface area is 135 Å². The van der Waals surface area contributed by atoms with E-state index in [4.69, 9.17) is 0 Å². The minimum absolute atomic E-state index is 0.0947. The minimum atomic E-state index is 0.0947. The molecule has 0 aromatic rings. The lowest BCUT2D eigenvalue weighted by atomic mass is 9.96. The van der Waals surface area contributed by atoms with Gasteiger partial charge in [0.15, 0.2) is 0 Å². The molecule has 1 atom stereocenters. The molecule has 126 valence electrons. The summed E-state index contributed by atoms with van der Waals surface area (Å²) in [5.74, 6) is 0.905. The lowest BCUT2D eigenvalue weighted by Gasteiger charge is -2.32. The van der Waals surface area contributed by atoms with Crippen molar-refractivity contribution in [1.29, 1.82) is 0 Å². The fourth-order valence-corrected chi connectivity index (χ4v) is 3.57. The van der Waals surface area contributed by atoms with Crippen LogP contribution in [-0.4, -0.2) is 61.5 Å². The Bertz CT molecular complexity index is 361. The summed E-state index contributed by atoms with van der Waals surface area (Å²) in [4.78, 5) is 17.2. The van der Waals surface area contributed by atoms with Gasteiger partial charge in [0.05, 0.1) is 6.04 Å². The number of piperidine rings is 1. The monoisotopic (exact) mass is 307 g/mol. The maximum absolute atomic E-state index is 12.4. The molecule has 1 N–H and O–H groups in total. The number of carbonyl (C=O) groups is 1. The van der Waals surface area contributed by atoms with Crippen LogP contribution in [-0.2, 0) is 4.79 Å². The van der Waals surface area contributed by atoms with Crippen molar-refractivity contribution in [1.82, 2.24) is 15.1 Å². The SMILES string of the molecule is CC=CCN1CCC(CNC(=O)C2CCCCCN2C)CC1. The Kier molecular flexibility index (Phi) is 7.40. The number of allylic oxidation sites excluding steroid dienone is 1. The van der Waals surface area contributed by atoms with Crippen molar-refractivity contribution in [3.8, 4) is 0 Å². The van der Waals surface area contributed by atoms with Gasteiger partial charge in [-0.15, -0.1) is 0 Å². The Hall–Kier alpha value is -0.870. The van der Waals surface area contributed by atoms with Gasteiger partial charge >= 0.3 is 0 Å². The van der Waals surface area contributed by atoms with Crippen LogP contribution in [0.1, 0.15) is 45.4 Å². The topological polar surface area (TPSA) is 35.6 Å². The minimum Gasteiger partial charge on any atom is -0.354 e. The van der Waals surface area contributed by atoms with Crippen LogP contribution in [0.15, 0.2) is 12.2 Å². The van der Waals surface area contributed by atoms with E-state index in [1.54, 1.807) is 0 Å². The summed E-state index contributed by atoms with van der Waals surface area (Å²) in [6.07, 6.45) is 11.5. The first kappa shape index (κ1) is 17.5. The number of likely N-dealkylation sites (tertiary alicyclic amines) is 2. The smallest absolute Gasteiger partial charge is 0.237 e. The molecule has 2 saturated heterocycles. The molecule has 2 aliphatic heterocycles. The zero-order valence-corrected chi connectivity index (χ0v) is 14.4. The molecule has 0 aromatic carbocycles. The number of nitrogens with zero attached hydrogens (tertiary/aromatic N) is 2. The van der Waals surface area contributed by atoms with E-state index in [2.05, 4.69) is 41.2 Å². The second-order valence-electron chi connectivity index (χ2n) is 6.90. The Morgan fingerprint density at radius 1 is 1.14 bits per heavy atom. The average Bonchev–Trinajstić information content (AvgIpc) is 2.76. The third-order valence-corrected chi connectivity index (χ3v) is 5.19. The number of rotatable bonds is 5. The molecule has 4 nitrogen and oxygen atoms in total. The summed E-state index contributed by atoms with van der Waals surface area (Å²) in [5, 5.41) is 3.23. The number of nitrogens with one attached hydrogen (secondary N) is 1. The largest absolute Gasteiger partial charge is 0.354 e. The van der Waals surface area contributed by atoms with E-state index in [1.807, 2.05) is 0 Å². The predicted molar refractivity (Wildman–Crippen MR) is 91.9 cm³/mol. The normalized spacial score (nSPS) is 26.2. The summed E-state index contributed by atoms with van der Waals surface area (Å²) in [6, 6.07) is 0.0947. The van der Waals surface area contributed by atoms with Crippen LogP contribution in [0.5, 0.6) is 0 Å². The Morgan fingerprint density at radius 2 is 1.91 bits per heavy atom. The summed E-state index contributed by atoms with van der Waals surface area (Å²) in [7, 11) is 2.09. The second-order valence-corrected chi connectivity index (χ2v) is 6.90. The van der Waals surface area contributed by atoms with Gasteiger partial charge in [0.25, 0.3) is 0 Å². The van der Waals surface area contributed by atoms with E-state index < -0.39 is 0 Å². The van der Waals surface area contributed by atoms with Crippen molar-refractivity contribution in [2.75, 3.05) is 39.8 Å². The summed E-state index contributed by atoms with van der Waals surface area (Å²) >= 11 is 0. The van der Waals surface area contributed by atoms with Gasteiger partial charge in [-0.2, -0.15) is 0 Å². The van der Waals surface area contributed by atoms with Crippen LogP contribution in [0.4, 0.5) is 0 Å². The third kappa shape index (κ3) is 5.40. The van der Waals surface area contributed by atoms with Gasteiger partial charge in [0.1, 0.15) is 0 Å². The number of hydrogen-bond acceptors (Lipinski definition) is 3. The molecule has 0 bridgehead atoms. The van der Waals surface area contributed by atoms with Crippen LogP contribution in [0.2, 0.25) is 0 Å². The quantitative estimate of drug-likeness (QED) is 0.792.